The van der Waals surface area contributed by atoms with Crippen LogP contribution in [0.3, 0.4) is 0 Å². The van der Waals surface area contributed by atoms with Gasteiger partial charge in [0.15, 0.2) is 0 Å². The van der Waals surface area contributed by atoms with E-state index in [1.807, 2.05) is 77.9 Å². The van der Waals surface area contributed by atoms with Crippen molar-refractivity contribution >= 4 is 44.7 Å². The third-order valence-electron chi connectivity index (χ3n) is 8.66. The highest BCUT2D eigenvalue weighted by atomic mass is 32.2. The first-order valence-electron chi connectivity index (χ1n) is 18.9. The molecule has 53 heavy (non-hydrogen) atoms. The summed E-state index contributed by atoms with van der Waals surface area (Å²) in [4.78, 5) is 1.11. The molecule has 0 aliphatic rings. The van der Waals surface area contributed by atoms with E-state index in [-0.39, 0.29) is 6.04 Å². The topological polar surface area (TPSA) is 64.1 Å². The van der Waals surface area contributed by atoms with Crippen molar-refractivity contribution in [3.63, 3.8) is 0 Å². The lowest BCUT2D eigenvalue weighted by molar-refractivity contribution is 0.622. The molecule has 0 bridgehead atoms. The second-order valence-corrected chi connectivity index (χ2v) is 12.8. The maximum Gasteiger partial charge on any atom is 0.0538 e. The Kier molecular flexibility index (Phi) is 16.3. The van der Waals surface area contributed by atoms with E-state index >= 15 is 0 Å². The SMILES string of the molecule is CC.CC.CC.N/C(=C\C(NCc1ccc2c(ccc3ccc(SCc4ccccc4)c(N)c32)c1)c1ccc(-c2ccccc2)cc1)c1ccccc1. The summed E-state index contributed by atoms with van der Waals surface area (Å²) in [6, 6.07) is 55.2. The molecular formula is C49H55N3S. The average Bonchev–Trinajstić information content (AvgIpc) is 3.25. The molecule has 0 aromatic heterocycles. The van der Waals surface area contributed by atoms with Gasteiger partial charge in [-0.15, -0.1) is 11.8 Å². The molecular weight excluding hydrogens is 663 g/mol. The lowest BCUT2D eigenvalue weighted by Crippen LogP contribution is -2.20. The Bertz CT molecular complexity index is 2140. The molecule has 272 valence electrons. The summed E-state index contributed by atoms with van der Waals surface area (Å²) in [6.45, 7) is 12.7. The van der Waals surface area contributed by atoms with Crippen LogP contribution in [0.2, 0.25) is 0 Å². The van der Waals surface area contributed by atoms with Gasteiger partial charge >= 0.3 is 0 Å². The van der Waals surface area contributed by atoms with Crippen molar-refractivity contribution in [2.75, 3.05) is 5.73 Å². The van der Waals surface area contributed by atoms with Gasteiger partial charge in [-0.05, 0) is 67.7 Å². The van der Waals surface area contributed by atoms with E-state index in [0.717, 1.165) is 43.9 Å². The largest absolute Gasteiger partial charge is 0.398 e. The van der Waals surface area contributed by atoms with Gasteiger partial charge in [-0.2, -0.15) is 0 Å². The van der Waals surface area contributed by atoms with E-state index in [2.05, 4.69) is 133 Å². The minimum atomic E-state index is -0.0767. The van der Waals surface area contributed by atoms with Crippen LogP contribution in [0.15, 0.2) is 169 Å². The molecule has 5 N–H and O–H groups in total. The summed E-state index contributed by atoms with van der Waals surface area (Å²) in [5.41, 5.74) is 22.1. The Hall–Kier alpha value is -5.29. The molecule has 0 saturated carbocycles. The van der Waals surface area contributed by atoms with Crippen LogP contribution in [0.5, 0.6) is 0 Å². The minimum Gasteiger partial charge on any atom is -0.398 e. The van der Waals surface area contributed by atoms with E-state index in [1.165, 1.54) is 33.0 Å². The first-order chi connectivity index (χ1) is 26.1. The van der Waals surface area contributed by atoms with Crippen LogP contribution >= 0.6 is 11.8 Å². The number of thioether (sulfide) groups is 1. The van der Waals surface area contributed by atoms with Crippen LogP contribution in [0.4, 0.5) is 5.69 Å². The fourth-order valence-electron chi connectivity index (χ4n) is 6.11. The molecule has 7 aromatic rings. The molecule has 1 unspecified atom stereocenters. The Labute approximate surface area is 322 Å². The van der Waals surface area contributed by atoms with Gasteiger partial charge in [0.05, 0.1) is 11.7 Å². The van der Waals surface area contributed by atoms with E-state index in [9.17, 15) is 0 Å². The monoisotopic (exact) mass is 717 g/mol. The zero-order chi connectivity index (χ0) is 38.0. The van der Waals surface area contributed by atoms with Gasteiger partial charge in [-0.3, -0.25) is 0 Å². The number of hydrogen-bond donors (Lipinski definition) is 3. The summed E-state index contributed by atoms with van der Waals surface area (Å²) in [5.74, 6) is 0.885. The number of anilines is 1. The molecule has 0 radical (unpaired) electrons. The molecule has 0 saturated heterocycles. The fraction of sp³-hybridized carbons (Fsp3) is 0.184. The highest BCUT2D eigenvalue weighted by Gasteiger charge is 2.13. The maximum atomic E-state index is 6.84. The number of nitrogens with two attached hydrogens (primary N) is 2. The number of nitrogens with one attached hydrogen (secondary N) is 1. The van der Waals surface area contributed by atoms with E-state index in [4.69, 9.17) is 11.5 Å². The Balaban J connectivity index is 0.000000996. The number of fused-ring (bicyclic) bond motifs is 3. The fourth-order valence-corrected chi connectivity index (χ4v) is 7.04. The van der Waals surface area contributed by atoms with Crippen LogP contribution in [0, 0.1) is 0 Å². The number of hydrogen-bond acceptors (Lipinski definition) is 4. The number of nitrogen functional groups attached to an aromatic ring is 1. The summed E-state index contributed by atoms with van der Waals surface area (Å²) in [6.07, 6.45) is 2.12. The Morgan fingerprint density at radius 2 is 1.17 bits per heavy atom. The molecule has 0 amide bonds. The predicted molar refractivity (Wildman–Crippen MR) is 236 cm³/mol. The van der Waals surface area contributed by atoms with Gasteiger partial charge in [0.25, 0.3) is 0 Å². The van der Waals surface area contributed by atoms with Gasteiger partial charge < -0.3 is 16.8 Å². The normalized spacial score (nSPS) is 11.3. The van der Waals surface area contributed by atoms with Gasteiger partial charge in [0, 0.05) is 28.3 Å². The van der Waals surface area contributed by atoms with E-state index in [1.54, 1.807) is 11.8 Å². The third kappa shape index (κ3) is 10.6. The highest BCUT2D eigenvalue weighted by Crippen LogP contribution is 2.38. The summed E-state index contributed by atoms with van der Waals surface area (Å²) in [5, 5.41) is 8.41. The molecule has 3 nitrogen and oxygen atoms in total. The van der Waals surface area contributed by atoms with Crippen LogP contribution in [0.1, 0.15) is 69.8 Å². The van der Waals surface area contributed by atoms with Crippen molar-refractivity contribution in [3.05, 3.63) is 186 Å². The Morgan fingerprint density at radius 1 is 0.604 bits per heavy atom. The molecule has 0 aliphatic heterocycles. The Morgan fingerprint density at radius 3 is 1.83 bits per heavy atom. The van der Waals surface area contributed by atoms with Crippen molar-refractivity contribution in [3.8, 4) is 11.1 Å². The van der Waals surface area contributed by atoms with Crippen LogP contribution in [0.25, 0.3) is 38.4 Å². The number of benzene rings is 7. The second kappa shape index (κ2) is 21.3. The van der Waals surface area contributed by atoms with Gasteiger partial charge in [-0.25, -0.2) is 0 Å². The standard InChI is InChI=1S/C43H37N3S.3C2H6/c44-39(34-14-8-3-9-15-34)27-40(35-19-17-33(18-20-35)32-12-6-2-7-13-32)46-28-31-16-24-38-37(26-31)22-21-36-23-25-41(43(45)42(36)38)47-29-30-10-4-1-5-11-30;3*1-2/h1-27,40,46H,28-29,44-45H2;3*1-2H3/b39-27-;;;. The quantitative estimate of drug-likeness (QED) is 0.0749. The first kappa shape index (κ1) is 40.5. The lowest BCUT2D eigenvalue weighted by atomic mass is 9.98. The second-order valence-electron chi connectivity index (χ2n) is 11.8. The molecule has 0 aliphatic carbocycles. The predicted octanol–water partition coefficient (Wildman–Crippen LogP) is 13.4. The maximum absolute atomic E-state index is 6.84. The van der Waals surface area contributed by atoms with Crippen molar-refractivity contribution in [1.29, 1.82) is 0 Å². The minimum absolute atomic E-state index is 0.0767. The van der Waals surface area contributed by atoms with Gasteiger partial charge in [0.1, 0.15) is 0 Å². The molecule has 7 aromatic carbocycles. The van der Waals surface area contributed by atoms with Crippen molar-refractivity contribution in [2.24, 2.45) is 5.73 Å². The molecule has 0 spiro atoms. The zero-order valence-corrected chi connectivity index (χ0v) is 33.0. The van der Waals surface area contributed by atoms with Gasteiger partial charge in [-0.1, -0.05) is 187 Å². The summed E-state index contributed by atoms with van der Waals surface area (Å²) >= 11 is 1.79. The number of rotatable bonds is 10. The molecule has 7 rings (SSSR count). The molecule has 0 heterocycles. The van der Waals surface area contributed by atoms with E-state index < -0.39 is 0 Å². The van der Waals surface area contributed by atoms with Crippen molar-refractivity contribution < 1.29 is 0 Å². The average molecular weight is 718 g/mol. The van der Waals surface area contributed by atoms with Gasteiger partial charge in [0.2, 0.25) is 0 Å². The van der Waals surface area contributed by atoms with Crippen LogP contribution in [-0.2, 0) is 12.3 Å². The lowest BCUT2D eigenvalue weighted by Gasteiger charge is -2.18. The highest BCUT2D eigenvalue weighted by molar-refractivity contribution is 7.98. The van der Waals surface area contributed by atoms with Crippen molar-refractivity contribution in [2.45, 2.75) is 64.8 Å². The molecule has 4 heteroatoms. The smallest absolute Gasteiger partial charge is 0.0538 e. The zero-order valence-electron chi connectivity index (χ0n) is 32.1. The van der Waals surface area contributed by atoms with Crippen LogP contribution < -0.4 is 16.8 Å². The third-order valence-corrected chi connectivity index (χ3v) is 9.80. The first-order valence-corrected chi connectivity index (χ1v) is 19.9. The summed E-state index contributed by atoms with van der Waals surface area (Å²) < 4.78 is 0. The van der Waals surface area contributed by atoms with E-state index in [0.29, 0.717) is 6.54 Å². The molecule has 1 atom stereocenters. The van der Waals surface area contributed by atoms with Crippen LogP contribution in [-0.4, -0.2) is 0 Å². The van der Waals surface area contributed by atoms with Crippen molar-refractivity contribution in [1.82, 2.24) is 5.32 Å². The molecule has 0 fully saturated rings. The summed E-state index contributed by atoms with van der Waals surface area (Å²) in [7, 11) is 0.